The molecule has 1 unspecified atom stereocenters. The second-order valence-corrected chi connectivity index (χ2v) is 4.36. The molecule has 6 heteroatoms. The van der Waals surface area contributed by atoms with Gasteiger partial charge in [0.25, 0.3) is 0 Å². The summed E-state index contributed by atoms with van der Waals surface area (Å²) in [5.74, 6) is -2.90. The third-order valence-electron chi connectivity index (χ3n) is 0.676. The molecule has 0 aliphatic heterocycles. The first-order valence-corrected chi connectivity index (χ1v) is 4.67. The van der Waals surface area contributed by atoms with Crippen LogP contribution in [0, 0.1) is 0 Å². The number of carbonyl (C=O) groups excluding carboxylic acids is 1. The van der Waals surface area contributed by atoms with Gasteiger partial charge in [0.2, 0.25) is 13.2 Å². The van der Waals surface area contributed by atoms with Gasteiger partial charge in [0.1, 0.15) is 0 Å². The van der Waals surface area contributed by atoms with Gasteiger partial charge in [-0.2, -0.15) is 0 Å². The van der Waals surface area contributed by atoms with Gasteiger partial charge < -0.3 is 10.00 Å². The number of aliphatic carboxylic acids is 1. The topological polar surface area (TPSA) is 91.7 Å². The molecule has 58 valence electrons. The molecule has 0 aromatic carbocycles. The Morgan fingerprint density at radius 3 is 2.00 bits per heavy atom. The van der Waals surface area contributed by atoms with E-state index in [9.17, 15) is 14.2 Å². The summed E-state index contributed by atoms with van der Waals surface area (Å²) < 4.78 is 10.4. The van der Waals surface area contributed by atoms with Crippen LogP contribution in [0.15, 0.2) is 0 Å². The second kappa shape index (κ2) is 2.94. The van der Waals surface area contributed by atoms with E-state index in [4.69, 9.17) is 10.00 Å². The summed E-state index contributed by atoms with van der Waals surface area (Å²) in [4.78, 5) is 28.5. The highest BCUT2D eigenvalue weighted by Crippen LogP contribution is 2.34. The molecule has 0 bridgehead atoms. The van der Waals surface area contributed by atoms with Gasteiger partial charge in [-0.15, -0.1) is 0 Å². The van der Waals surface area contributed by atoms with Crippen molar-refractivity contribution in [1.82, 2.24) is 0 Å². The molecule has 0 heterocycles. The smallest absolute Gasteiger partial charge is 0.372 e. The highest BCUT2D eigenvalue weighted by Gasteiger charge is 2.21. The van der Waals surface area contributed by atoms with Gasteiger partial charge in [0.05, 0.1) is 6.16 Å². The lowest BCUT2D eigenvalue weighted by Crippen LogP contribution is -2.16. The van der Waals surface area contributed by atoms with Crippen molar-refractivity contribution in [3.63, 3.8) is 0 Å². The minimum Gasteiger partial charge on any atom is -0.475 e. The molecule has 1 atom stereocenters. The number of hydrogen-bond donors (Lipinski definition) is 2. The molecule has 0 aliphatic rings. The molecule has 0 spiro atoms. The SMILES string of the molecule is CP(=O)(O)CC(=O)C(=O)O. The summed E-state index contributed by atoms with van der Waals surface area (Å²) in [7, 11) is -3.51. The van der Waals surface area contributed by atoms with Gasteiger partial charge in [-0.25, -0.2) is 4.79 Å². The Morgan fingerprint density at radius 2 is 1.90 bits per heavy atom. The fourth-order valence-corrected chi connectivity index (χ4v) is 1.00. The summed E-state index contributed by atoms with van der Waals surface area (Å²) in [6.45, 7) is 0.938. The molecule has 0 aromatic heterocycles. The maximum Gasteiger partial charge on any atom is 0.372 e. The van der Waals surface area contributed by atoms with Crippen LogP contribution in [0.2, 0.25) is 0 Å². The van der Waals surface area contributed by atoms with Gasteiger partial charge in [-0.3, -0.25) is 9.36 Å². The van der Waals surface area contributed by atoms with E-state index in [1.807, 2.05) is 0 Å². The van der Waals surface area contributed by atoms with E-state index < -0.39 is 25.3 Å². The van der Waals surface area contributed by atoms with E-state index in [0.717, 1.165) is 6.66 Å². The van der Waals surface area contributed by atoms with Crippen molar-refractivity contribution >= 4 is 19.1 Å². The Kier molecular flexibility index (Phi) is 2.75. The molecule has 0 radical (unpaired) electrons. The summed E-state index contributed by atoms with van der Waals surface area (Å²) >= 11 is 0. The molecular weight excluding hydrogens is 159 g/mol. The van der Waals surface area contributed by atoms with Crippen LogP contribution in [0.1, 0.15) is 0 Å². The lowest BCUT2D eigenvalue weighted by Gasteiger charge is -1.99. The molecule has 0 saturated carbocycles. The van der Waals surface area contributed by atoms with Gasteiger partial charge in [-0.05, 0) is 0 Å². The molecule has 0 aromatic rings. The molecule has 2 N–H and O–H groups in total. The number of carbonyl (C=O) groups is 2. The number of rotatable bonds is 3. The minimum absolute atomic E-state index is 0.789. The maximum absolute atomic E-state index is 10.4. The lowest BCUT2D eigenvalue weighted by molar-refractivity contribution is -0.147. The molecule has 0 saturated heterocycles. The Hall–Kier alpha value is -0.670. The van der Waals surface area contributed by atoms with E-state index in [-0.39, 0.29) is 0 Å². The van der Waals surface area contributed by atoms with Crippen molar-refractivity contribution in [3.05, 3.63) is 0 Å². The normalized spacial score (nSPS) is 15.8. The quantitative estimate of drug-likeness (QED) is 0.437. The number of hydrogen-bond acceptors (Lipinski definition) is 3. The van der Waals surface area contributed by atoms with Crippen molar-refractivity contribution in [2.45, 2.75) is 0 Å². The fraction of sp³-hybridized carbons (Fsp3) is 0.500. The summed E-state index contributed by atoms with van der Waals surface area (Å²) in [5.41, 5.74) is 0. The Balaban J connectivity index is 4.07. The van der Waals surface area contributed by atoms with Gasteiger partial charge in [0, 0.05) is 6.66 Å². The average molecular weight is 166 g/mol. The van der Waals surface area contributed by atoms with E-state index >= 15 is 0 Å². The third kappa shape index (κ3) is 4.23. The van der Waals surface area contributed by atoms with Crippen LogP contribution >= 0.6 is 7.37 Å². The van der Waals surface area contributed by atoms with E-state index in [1.165, 1.54) is 0 Å². The summed E-state index contributed by atoms with van der Waals surface area (Å²) in [6, 6.07) is 0. The predicted octanol–water partition coefficient (Wildman–Crippen LogP) is -0.460. The maximum atomic E-state index is 10.4. The monoisotopic (exact) mass is 166 g/mol. The molecule has 0 amide bonds. The van der Waals surface area contributed by atoms with Crippen LogP contribution in [-0.4, -0.2) is 34.6 Å². The first-order chi connectivity index (χ1) is 4.33. The minimum atomic E-state index is -3.51. The zero-order valence-corrected chi connectivity index (χ0v) is 6.17. The van der Waals surface area contributed by atoms with Crippen LogP contribution in [0.3, 0.4) is 0 Å². The molecule has 0 fully saturated rings. The third-order valence-corrected chi connectivity index (χ3v) is 1.55. The molecule has 10 heavy (non-hydrogen) atoms. The van der Waals surface area contributed by atoms with Gasteiger partial charge >= 0.3 is 5.97 Å². The fourth-order valence-electron chi connectivity index (χ4n) is 0.334. The largest absolute Gasteiger partial charge is 0.475 e. The van der Waals surface area contributed by atoms with Gasteiger partial charge in [0.15, 0.2) is 0 Å². The Bertz CT molecular complexity index is 202. The van der Waals surface area contributed by atoms with E-state index in [0.29, 0.717) is 0 Å². The zero-order chi connectivity index (χ0) is 8.36. The van der Waals surface area contributed by atoms with E-state index in [2.05, 4.69) is 0 Å². The number of carboxylic acids is 1. The summed E-state index contributed by atoms with van der Waals surface area (Å²) in [5, 5.41) is 7.96. The Labute approximate surface area is 57.1 Å². The molecule has 0 aliphatic carbocycles. The van der Waals surface area contributed by atoms with Crippen LogP contribution in [-0.2, 0) is 14.2 Å². The van der Waals surface area contributed by atoms with Crippen molar-refractivity contribution in [2.24, 2.45) is 0 Å². The van der Waals surface area contributed by atoms with Crippen LogP contribution in [0.5, 0.6) is 0 Å². The average Bonchev–Trinajstić information content (AvgIpc) is 1.60. The first kappa shape index (κ1) is 9.33. The van der Waals surface area contributed by atoms with E-state index in [1.54, 1.807) is 0 Å². The number of carboxylic acid groups (broad SMARTS) is 1. The first-order valence-electron chi connectivity index (χ1n) is 2.38. The molecular formula is C4H7O5P. The second-order valence-electron chi connectivity index (χ2n) is 1.94. The van der Waals surface area contributed by atoms with Crippen molar-refractivity contribution < 1.29 is 24.2 Å². The van der Waals surface area contributed by atoms with Crippen molar-refractivity contribution in [3.8, 4) is 0 Å². The summed E-state index contributed by atoms with van der Waals surface area (Å²) in [6.07, 6.45) is -0.789. The molecule has 5 nitrogen and oxygen atoms in total. The predicted molar refractivity (Wildman–Crippen MR) is 33.3 cm³/mol. The van der Waals surface area contributed by atoms with Crippen molar-refractivity contribution in [1.29, 1.82) is 0 Å². The highest BCUT2D eigenvalue weighted by molar-refractivity contribution is 7.58. The van der Waals surface area contributed by atoms with Gasteiger partial charge in [-0.1, -0.05) is 0 Å². The number of ketones is 1. The zero-order valence-electron chi connectivity index (χ0n) is 5.27. The number of Topliss-reactive ketones (excluding diaryl/α,β-unsaturated/α-hetero) is 1. The van der Waals surface area contributed by atoms with Crippen LogP contribution in [0.4, 0.5) is 0 Å². The Morgan fingerprint density at radius 1 is 1.50 bits per heavy atom. The lowest BCUT2D eigenvalue weighted by atomic mass is 10.5. The van der Waals surface area contributed by atoms with Crippen LogP contribution < -0.4 is 0 Å². The van der Waals surface area contributed by atoms with Crippen molar-refractivity contribution in [2.75, 3.05) is 12.8 Å². The highest BCUT2D eigenvalue weighted by atomic mass is 31.2. The van der Waals surface area contributed by atoms with Crippen LogP contribution in [0.25, 0.3) is 0 Å². The molecule has 0 rings (SSSR count). The standard InChI is InChI=1S/C4H7O5P/c1-10(8,9)2-3(5)4(6)7/h2H2,1H3,(H,6,7)(H,8,9).